The summed E-state index contributed by atoms with van der Waals surface area (Å²) in [5.41, 5.74) is 1.01. The van der Waals surface area contributed by atoms with Crippen LogP contribution in [-0.4, -0.2) is 49.9 Å². The van der Waals surface area contributed by atoms with Crippen molar-refractivity contribution in [1.82, 2.24) is 4.90 Å². The summed E-state index contributed by atoms with van der Waals surface area (Å²) < 4.78 is 5.14. The maximum Gasteiger partial charge on any atom is 0.295 e. The topological polar surface area (TPSA) is 74.1 Å². The molecule has 31 heavy (non-hydrogen) atoms. The Balaban J connectivity index is 2.07. The summed E-state index contributed by atoms with van der Waals surface area (Å²) in [6.45, 7) is 7.07. The highest BCUT2D eigenvalue weighted by Gasteiger charge is 2.44. The Morgan fingerprint density at radius 2 is 1.68 bits per heavy atom. The second-order valence-electron chi connectivity index (χ2n) is 7.46. The minimum Gasteiger partial charge on any atom is -0.872 e. The van der Waals surface area contributed by atoms with Crippen LogP contribution in [0.1, 0.15) is 31.0 Å². The molecule has 0 spiro atoms. The first kappa shape index (κ1) is 22.8. The van der Waals surface area contributed by atoms with Gasteiger partial charge in [0.2, 0.25) is 5.78 Å². The van der Waals surface area contributed by atoms with E-state index in [4.69, 9.17) is 16.3 Å². The van der Waals surface area contributed by atoms with Crippen LogP contribution in [0.15, 0.2) is 54.1 Å². The molecule has 1 N–H and O–H groups in total. The Bertz CT molecular complexity index is 966. The smallest absolute Gasteiger partial charge is 0.295 e. The molecule has 1 fully saturated rings. The molecular weight excluding hydrogens is 416 g/mol. The molecule has 1 amide bonds. The molecular formula is C24H27ClN2O4. The number of amides is 1. The molecule has 0 bridgehead atoms. The molecule has 1 saturated heterocycles. The molecule has 0 aliphatic carbocycles. The highest BCUT2D eigenvalue weighted by Crippen LogP contribution is 2.38. The highest BCUT2D eigenvalue weighted by molar-refractivity contribution is 6.46. The molecule has 1 aliphatic rings. The van der Waals surface area contributed by atoms with Gasteiger partial charge in [-0.1, -0.05) is 41.6 Å². The molecule has 164 valence electrons. The van der Waals surface area contributed by atoms with E-state index >= 15 is 0 Å². The van der Waals surface area contributed by atoms with Gasteiger partial charge in [0.25, 0.3) is 5.91 Å². The number of benzene rings is 2. The van der Waals surface area contributed by atoms with E-state index in [1.807, 2.05) is 0 Å². The molecule has 3 rings (SSSR count). The summed E-state index contributed by atoms with van der Waals surface area (Å²) in [6, 6.07) is 12.7. The van der Waals surface area contributed by atoms with Gasteiger partial charge in [-0.25, -0.2) is 0 Å². The summed E-state index contributed by atoms with van der Waals surface area (Å²) in [7, 11) is 1.54. The second-order valence-corrected chi connectivity index (χ2v) is 7.90. The Morgan fingerprint density at radius 1 is 1.06 bits per heavy atom. The van der Waals surface area contributed by atoms with E-state index in [9.17, 15) is 14.7 Å². The van der Waals surface area contributed by atoms with Crippen molar-refractivity contribution in [2.45, 2.75) is 19.9 Å². The third-order valence-corrected chi connectivity index (χ3v) is 6.03. The van der Waals surface area contributed by atoms with Crippen LogP contribution < -0.4 is 14.7 Å². The van der Waals surface area contributed by atoms with Crippen molar-refractivity contribution < 1.29 is 24.3 Å². The molecule has 6 nitrogen and oxygen atoms in total. The number of carbonyl (C=O) groups is 2. The number of nitrogens with one attached hydrogen (secondary N) is 1. The van der Waals surface area contributed by atoms with E-state index in [-0.39, 0.29) is 5.57 Å². The number of carbonyl (C=O) groups excluding carboxylic acids is 2. The van der Waals surface area contributed by atoms with Gasteiger partial charge in [-0.2, -0.15) is 0 Å². The Morgan fingerprint density at radius 3 is 2.23 bits per heavy atom. The number of ether oxygens (including phenoxy) is 1. The van der Waals surface area contributed by atoms with Crippen LogP contribution >= 0.6 is 11.6 Å². The average molecular weight is 443 g/mol. The number of likely N-dealkylation sites (N-methyl/N-ethyl adjacent to an activating group) is 1. The number of likely N-dealkylation sites (tertiary alicyclic amines) is 1. The van der Waals surface area contributed by atoms with Crippen LogP contribution in [-0.2, 0) is 9.59 Å². The number of nitrogens with zero attached hydrogens (tertiary/aromatic N) is 1. The van der Waals surface area contributed by atoms with Gasteiger partial charge < -0.3 is 19.6 Å². The normalized spacial score (nSPS) is 18.1. The van der Waals surface area contributed by atoms with Gasteiger partial charge in [-0.15, -0.1) is 0 Å². The lowest BCUT2D eigenvalue weighted by Crippen LogP contribution is -3.12. The van der Waals surface area contributed by atoms with E-state index in [2.05, 4.69) is 13.8 Å². The Kier molecular flexibility index (Phi) is 7.36. The lowest BCUT2D eigenvalue weighted by Gasteiger charge is -2.28. The van der Waals surface area contributed by atoms with Gasteiger partial charge in [0.1, 0.15) is 5.75 Å². The zero-order valence-electron chi connectivity index (χ0n) is 18.0. The minimum absolute atomic E-state index is 0.0213. The molecule has 1 aliphatic heterocycles. The van der Waals surface area contributed by atoms with Gasteiger partial charge in [0, 0.05) is 10.6 Å². The van der Waals surface area contributed by atoms with E-state index in [1.165, 1.54) is 16.9 Å². The summed E-state index contributed by atoms with van der Waals surface area (Å²) in [4.78, 5) is 28.8. The van der Waals surface area contributed by atoms with Gasteiger partial charge in [0.15, 0.2) is 0 Å². The zero-order chi connectivity index (χ0) is 22.5. The third kappa shape index (κ3) is 4.75. The summed E-state index contributed by atoms with van der Waals surface area (Å²) in [6.07, 6.45) is 0. The monoisotopic (exact) mass is 442 g/mol. The van der Waals surface area contributed by atoms with Crippen LogP contribution in [0.25, 0.3) is 5.76 Å². The fourth-order valence-electron chi connectivity index (χ4n) is 3.87. The van der Waals surface area contributed by atoms with E-state index in [0.29, 0.717) is 35.0 Å². The lowest BCUT2D eigenvalue weighted by atomic mass is 9.95. The molecule has 2 aromatic carbocycles. The van der Waals surface area contributed by atoms with Crippen molar-refractivity contribution in [3.63, 3.8) is 0 Å². The zero-order valence-corrected chi connectivity index (χ0v) is 18.7. The van der Waals surface area contributed by atoms with E-state index in [1.54, 1.807) is 48.5 Å². The molecule has 0 radical (unpaired) electrons. The Labute approximate surface area is 187 Å². The number of ketones is 1. The van der Waals surface area contributed by atoms with Crippen molar-refractivity contribution >= 4 is 29.1 Å². The largest absolute Gasteiger partial charge is 0.872 e. The molecule has 0 saturated carbocycles. The van der Waals surface area contributed by atoms with Crippen LogP contribution in [0, 0.1) is 0 Å². The minimum atomic E-state index is -0.740. The molecule has 7 heteroatoms. The number of hydrogen-bond acceptors (Lipinski definition) is 4. The van der Waals surface area contributed by atoms with Crippen LogP contribution in [0.2, 0.25) is 5.02 Å². The molecule has 2 aromatic rings. The lowest BCUT2D eigenvalue weighted by molar-refractivity contribution is -0.895. The van der Waals surface area contributed by atoms with Gasteiger partial charge in [-0.3, -0.25) is 9.59 Å². The average Bonchev–Trinajstić information content (AvgIpc) is 3.05. The number of Topliss-reactive ketones (excluding diaryl/α,β-unsaturated/α-hetero) is 1. The number of hydrogen-bond donors (Lipinski definition) is 1. The predicted molar refractivity (Wildman–Crippen MR) is 118 cm³/mol. The van der Waals surface area contributed by atoms with E-state index in [0.717, 1.165) is 13.1 Å². The predicted octanol–water partition coefficient (Wildman–Crippen LogP) is 1.50. The Hall–Kier alpha value is -2.83. The van der Waals surface area contributed by atoms with Gasteiger partial charge >= 0.3 is 0 Å². The standard InChI is InChI=1S/C24H27ClN2O4/c1-4-26(5-2)14-15-27-21(16-6-10-18(25)11-7-16)20(23(29)24(27)30)22(28)17-8-12-19(31-3)13-9-17/h6-13,21,28H,4-5,14-15H2,1-3H3. The van der Waals surface area contributed by atoms with Crippen molar-refractivity contribution in [1.29, 1.82) is 0 Å². The maximum absolute atomic E-state index is 13.3. The summed E-state index contributed by atoms with van der Waals surface area (Å²) >= 11 is 6.04. The van der Waals surface area contributed by atoms with Crippen LogP contribution in [0.3, 0.4) is 0 Å². The second kappa shape index (κ2) is 9.98. The van der Waals surface area contributed by atoms with Crippen molar-refractivity contribution in [2.75, 3.05) is 33.3 Å². The molecule has 1 heterocycles. The van der Waals surface area contributed by atoms with Crippen LogP contribution in [0.4, 0.5) is 0 Å². The van der Waals surface area contributed by atoms with Crippen LogP contribution in [0.5, 0.6) is 5.75 Å². The van der Waals surface area contributed by atoms with E-state index < -0.39 is 23.5 Å². The number of rotatable bonds is 8. The molecule has 1 atom stereocenters. The molecule has 0 aromatic heterocycles. The molecule has 1 unspecified atom stereocenters. The van der Waals surface area contributed by atoms with Crippen molar-refractivity contribution in [3.8, 4) is 5.75 Å². The third-order valence-electron chi connectivity index (χ3n) is 5.77. The summed E-state index contributed by atoms with van der Waals surface area (Å²) in [5.74, 6) is -1.22. The first-order valence-electron chi connectivity index (χ1n) is 10.4. The first-order chi connectivity index (χ1) is 14.9. The van der Waals surface area contributed by atoms with Gasteiger partial charge in [0.05, 0.1) is 39.3 Å². The number of quaternary nitrogens is 1. The first-order valence-corrected chi connectivity index (χ1v) is 10.8. The fraction of sp³-hybridized carbons (Fsp3) is 0.333. The fourth-order valence-corrected chi connectivity index (χ4v) is 4.00. The number of halogens is 1. The van der Waals surface area contributed by atoms with Gasteiger partial charge in [-0.05, 0) is 49.2 Å². The SMILES string of the molecule is CC[NH+](CC)CCN1C(=O)C(=O)C(=C([O-])c2ccc(OC)cc2)C1c1ccc(Cl)cc1. The van der Waals surface area contributed by atoms with Crippen molar-refractivity contribution in [2.24, 2.45) is 0 Å². The highest BCUT2D eigenvalue weighted by atomic mass is 35.5. The van der Waals surface area contributed by atoms with Crippen molar-refractivity contribution in [3.05, 3.63) is 70.3 Å². The summed E-state index contributed by atoms with van der Waals surface area (Å²) in [5, 5.41) is 13.9. The quantitative estimate of drug-likeness (QED) is 0.382. The maximum atomic E-state index is 13.3. The number of methoxy groups -OCH3 is 1.